The minimum Gasteiger partial charge on any atom is -0.480 e. The number of hydrogen-bond acceptors (Lipinski definition) is 6. The number of alkyl carbamates (subject to hydrolysis) is 1. The van der Waals surface area contributed by atoms with E-state index < -0.39 is 24.2 Å². The molecule has 2 aliphatic rings. The number of carbonyl (C=O) groups excluding carboxylic acids is 2. The van der Waals surface area contributed by atoms with Gasteiger partial charge in [0.2, 0.25) is 0 Å². The van der Waals surface area contributed by atoms with E-state index in [1.165, 1.54) is 12.0 Å². The molecule has 4 rings (SSSR count). The van der Waals surface area contributed by atoms with Crippen molar-refractivity contribution in [3.63, 3.8) is 0 Å². The molecule has 1 atom stereocenters. The third kappa shape index (κ3) is 5.01. The topological polar surface area (TPSA) is 114 Å². The Bertz CT molecular complexity index is 1050. The number of benzene rings is 2. The summed E-state index contributed by atoms with van der Waals surface area (Å²) in [5, 5.41) is 11.5. The number of ether oxygens (including phenoxy) is 3. The average Bonchev–Trinajstić information content (AvgIpc) is 3.15. The van der Waals surface area contributed by atoms with Gasteiger partial charge in [0.15, 0.2) is 0 Å². The van der Waals surface area contributed by atoms with Crippen molar-refractivity contribution in [3.8, 4) is 11.1 Å². The highest BCUT2D eigenvalue weighted by Gasteiger charge is 2.46. The molecule has 0 bridgehead atoms. The first-order chi connectivity index (χ1) is 16.9. The van der Waals surface area contributed by atoms with E-state index >= 15 is 0 Å². The summed E-state index contributed by atoms with van der Waals surface area (Å²) in [7, 11) is 1.46. The van der Waals surface area contributed by atoms with Gasteiger partial charge in [0.05, 0.1) is 12.7 Å². The highest BCUT2D eigenvalue weighted by atomic mass is 16.6. The molecule has 1 aliphatic carbocycles. The Morgan fingerprint density at radius 3 is 2.20 bits per heavy atom. The summed E-state index contributed by atoms with van der Waals surface area (Å²) in [6.45, 7) is 1.99. The van der Waals surface area contributed by atoms with Crippen LogP contribution in [-0.4, -0.2) is 79.6 Å². The van der Waals surface area contributed by atoms with E-state index in [1.807, 2.05) is 36.4 Å². The van der Waals surface area contributed by atoms with Crippen LogP contribution in [0, 0.1) is 0 Å². The molecule has 2 amide bonds. The van der Waals surface area contributed by atoms with Gasteiger partial charge in [0, 0.05) is 26.1 Å². The molecule has 9 heteroatoms. The molecule has 1 saturated heterocycles. The van der Waals surface area contributed by atoms with Crippen molar-refractivity contribution in [2.24, 2.45) is 0 Å². The predicted molar refractivity (Wildman–Crippen MR) is 127 cm³/mol. The molecule has 2 N–H and O–H groups in total. The Balaban J connectivity index is 1.41. The lowest BCUT2D eigenvalue weighted by atomic mass is 9.93. The highest BCUT2D eigenvalue weighted by Crippen LogP contribution is 2.44. The van der Waals surface area contributed by atoms with Gasteiger partial charge in [-0.25, -0.2) is 9.59 Å². The van der Waals surface area contributed by atoms with Crippen molar-refractivity contribution in [2.75, 3.05) is 40.0 Å². The zero-order chi connectivity index (χ0) is 25.0. The standard InChI is InChI=1S/C26H30N2O7/c1-3-26(16-33-2,24(31)28-12-17(13-28)34-15-23(29)30)27-25(32)35-14-22-20-10-6-4-8-18(20)19-9-5-7-11-21(19)22/h4-11,17,22H,3,12-16H2,1-2H3,(H,27,32)(H,29,30). The quantitative estimate of drug-likeness (QED) is 0.535. The molecule has 0 saturated carbocycles. The fourth-order valence-electron chi connectivity index (χ4n) is 4.77. The number of amides is 2. The van der Waals surface area contributed by atoms with Gasteiger partial charge >= 0.3 is 12.1 Å². The number of aliphatic carboxylic acids is 1. The number of carboxylic acids is 1. The van der Waals surface area contributed by atoms with Crippen LogP contribution in [0.15, 0.2) is 48.5 Å². The lowest BCUT2D eigenvalue weighted by molar-refractivity contribution is -0.159. The first-order valence-corrected chi connectivity index (χ1v) is 11.6. The number of likely N-dealkylation sites (tertiary alicyclic amines) is 1. The number of rotatable bonds is 10. The lowest BCUT2D eigenvalue weighted by Gasteiger charge is -2.44. The molecule has 0 radical (unpaired) electrons. The largest absolute Gasteiger partial charge is 0.480 e. The lowest BCUT2D eigenvalue weighted by Crippen LogP contribution is -2.67. The fourth-order valence-corrected chi connectivity index (χ4v) is 4.77. The molecule has 35 heavy (non-hydrogen) atoms. The Morgan fingerprint density at radius 2 is 1.66 bits per heavy atom. The van der Waals surface area contributed by atoms with Gasteiger partial charge in [0.25, 0.3) is 5.91 Å². The molecule has 0 spiro atoms. The van der Waals surface area contributed by atoms with Crippen molar-refractivity contribution in [3.05, 3.63) is 59.7 Å². The fraction of sp³-hybridized carbons (Fsp3) is 0.423. The summed E-state index contributed by atoms with van der Waals surface area (Å²) in [5.74, 6) is -1.47. The highest BCUT2D eigenvalue weighted by molar-refractivity contribution is 5.91. The van der Waals surface area contributed by atoms with Crippen LogP contribution >= 0.6 is 0 Å². The van der Waals surface area contributed by atoms with E-state index in [1.54, 1.807) is 6.92 Å². The first-order valence-electron chi connectivity index (χ1n) is 11.6. The second kappa shape index (κ2) is 10.5. The number of hydrogen-bond donors (Lipinski definition) is 2. The minimum atomic E-state index is -1.30. The molecular formula is C26H30N2O7. The van der Waals surface area contributed by atoms with Crippen LogP contribution in [0.4, 0.5) is 4.79 Å². The van der Waals surface area contributed by atoms with Gasteiger partial charge in [-0.1, -0.05) is 55.5 Å². The second-order valence-corrected chi connectivity index (χ2v) is 8.86. The summed E-state index contributed by atoms with van der Waals surface area (Å²) in [6, 6.07) is 16.1. The Kier molecular flexibility index (Phi) is 7.37. The molecular weight excluding hydrogens is 452 g/mol. The molecule has 2 aromatic rings. The van der Waals surface area contributed by atoms with E-state index in [0.717, 1.165) is 22.3 Å². The summed E-state index contributed by atoms with van der Waals surface area (Å²) in [6.07, 6.45) is -0.749. The molecule has 9 nitrogen and oxygen atoms in total. The molecule has 1 aliphatic heterocycles. The van der Waals surface area contributed by atoms with Crippen LogP contribution in [0.1, 0.15) is 30.4 Å². The molecule has 1 unspecified atom stereocenters. The van der Waals surface area contributed by atoms with Crippen LogP contribution in [0.2, 0.25) is 0 Å². The Labute approximate surface area is 204 Å². The second-order valence-electron chi connectivity index (χ2n) is 8.86. The van der Waals surface area contributed by atoms with Crippen molar-refractivity contribution in [1.82, 2.24) is 10.2 Å². The van der Waals surface area contributed by atoms with Gasteiger partial charge in [-0.2, -0.15) is 0 Å². The predicted octanol–water partition coefficient (Wildman–Crippen LogP) is 2.63. The van der Waals surface area contributed by atoms with Crippen LogP contribution in [0.3, 0.4) is 0 Å². The van der Waals surface area contributed by atoms with Crippen molar-refractivity contribution >= 4 is 18.0 Å². The van der Waals surface area contributed by atoms with Gasteiger partial charge in [-0.15, -0.1) is 0 Å². The number of nitrogens with one attached hydrogen (secondary N) is 1. The SMILES string of the molecule is CCC(COC)(NC(=O)OCC1c2ccccc2-c2ccccc21)C(=O)N1CC(OCC(=O)O)C1. The third-order valence-electron chi connectivity index (χ3n) is 6.67. The molecule has 0 aromatic heterocycles. The smallest absolute Gasteiger partial charge is 0.408 e. The molecule has 2 aromatic carbocycles. The van der Waals surface area contributed by atoms with Crippen molar-refractivity contribution in [1.29, 1.82) is 0 Å². The third-order valence-corrected chi connectivity index (χ3v) is 6.67. The van der Waals surface area contributed by atoms with E-state index in [4.69, 9.17) is 19.3 Å². The van der Waals surface area contributed by atoms with E-state index in [2.05, 4.69) is 17.4 Å². The summed E-state index contributed by atoms with van der Waals surface area (Å²) in [4.78, 5) is 38.4. The zero-order valence-corrected chi connectivity index (χ0v) is 19.9. The summed E-state index contributed by atoms with van der Waals surface area (Å²) in [5.41, 5.74) is 3.17. The maximum atomic E-state index is 13.3. The van der Waals surface area contributed by atoms with Crippen LogP contribution in [-0.2, 0) is 23.8 Å². The number of carboxylic acid groups (broad SMARTS) is 1. The van der Waals surface area contributed by atoms with Crippen LogP contribution in [0.5, 0.6) is 0 Å². The van der Waals surface area contributed by atoms with E-state index in [0.29, 0.717) is 6.42 Å². The Morgan fingerprint density at radius 1 is 1.06 bits per heavy atom. The maximum absolute atomic E-state index is 13.3. The van der Waals surface area contributed by atoms with Crippen LogP contribution < -0.4 is 5.32 Å². The summed E-state index contributed by atoms with van der Waals surface area (Å²) >= 11 is 0. The first kappa shape index (κ1) is 24.7. The minimum absolute atomic E-state index is 0.0241. The maximum Gasteiger partial charge on any atom is 0.408 e. The zero-order valence-electron chi connectivity index (χ0n) is 19.9. The summed E-state index contributed by atoms with van der Waals surface area (Å²) < 4.78 is 16.2. The van der Waals surface area contributed by atoms with Gasteiger partial charge in [-0.3, -0.25) is 4.79 Å². The molecule has 1 heterocycles. The van der Waals surface area contributed by atoms with Crippen LogP contribution in [0.25, 0.3) is 11.1 Å². The number of nitrogens with zero attached hydrogens (tertiary/aromatic N) is 1. The monoisotopic (exact) mass is 482 g/mol. The van der Waals surface area contributed by atoms with Gasteiger partial charge < -0.3 is 29.5 Å². The number of carbonyl (C=O) groups is 3. The number of fused-ring (bicyclic) bond motifs is 3. The van der Waals surface area contributed by atoms with Gasteiger partial charge in [-0.05, 0) is 28.7 Å². The normalized spacial score (nSPS) is 16.6. The van der Waals surface area contributed by atoms with E-state index in [9.17, 15) is 14.4 Å². The van der Waals surface area contributed by atoms with Gasteiger partial charge in [0.1, 0.15) is 18.8 Å². The number of methoxy groups -OCH3 is 1. The van der Waals surface area contributed by atoms with Crippen molar-refractivity contribution in [2.45, 2.75) is 30.9 Å². The molecule has 186 valence electrons. The molecule has 1 fully saturated rings. The average molecular weight is 483 g/mol. The van der Waals surface area contributed by atoms with Crippen molar-refractivity contribution < 1.29 is 33.7 Å². The van der Waals surface area contributed by atoms with E-state index in [-0.39, 0.29) is 44.2 Å². The Hall–Kier alpha value is -3.43.